The minimum absolute atomic E-state index is 0.286. The van der Waals surface area contributed by atoms with Crippen molar-refractivity contribution < 1.29 is 23.9 Å². The fraction of sp³-hybridized carbons (Fsp3) is 0.250. The molecule has 2 aromatic rings. The van der Waals surface area contributed by atoms with Crippen molar-refractivity contribution in [2.24, 2.45) is 0 Å². The first-order valence-corrected chi connectivity index (χ1v) is 8.81. The number of hydrogen-bond donors (Lipinski definition) is 1. The molecular formula is C20H19N3O5. The molecule has 1 atom stereocenters. The highest BCUT2D eigenvalue weighted by atomic mass is 16.6. The zero-order chi connectivity index (χ0) is 19.8. The van der Waals surface area contributed by atoms with Crippen LogP contribution < -0.4 is 14.8 Å². The third-order valence-corrected chi connectivity index (χ3v) is 4.73. The van der Waals surface area contributed by atoms with Gasteiger partial charge in [-0.3, -0.25) is 14.5 Å². The number of likely N-dealkylation sites (N-methyl/N-ethyl adjacent to an activating group) is 1. The van der Waals surface area contributed by atoms with Crippen molar-refractivity contribution in [3.63, 3.8) is 0 Å². The second-order valence-electron chi connectivity index (χ2n) is 6.74. The number of carbonyl (C=O) groups excluding carboxylic acids is 3. The van der Waals surface area contributed by atoms with Gasteiger partial charge in [-0.25, -0.2) is 4.79 Å². The lowest BCUT2D eigenvalue weighted by Gasteiger charge is -2.29. The molecule has 2 heterocycles. The Balaban J connectivity index is 1.39. The third-order valence-electron chi connectivity index (χ3n) is 4.73. The van der Waals surface area contributed by atoms with Crippen LogP contribution in [0.5, 0.6) is 11.5 Å². The van der Waals surface area contributed by atoms with Crippen LogP contribution in [0.4, 0.5) is 10.5 Å². The second kappa shape index (κ2) is 6.88. The summed E-state index contributed by atoms with van der Waals surface area (Å²) in [4.78, 5) is 39.1. The number of hydrogen-bond acceptors (Lipinski definition) is 5. The van der Waals surface area contributed by atoms with Crippen molar-refractivity contribution in [1.29, 1.82) is 0 Å². The number of fused-ring (bicyclic) bond motifs is 2. The van der Waals surface area contributed by atoms with Crippen molar-refractivity contribution in [2.75, 3.05) is 32.6 Å². The SMILES string of the molecule is CN(C[C@@H]1COc2ccccc2O1)C(=O)Nc1ccc2c(c1)C(=O)N(C)C2=O. The van der Waals surface area contributed by atoms with Gasteiger partial charge < -0.3 is 19.7 Å². The first-order valence-electron chi connectivity index (χ1n) is 8.81. The van der Waals surface area contributed by atoms with Gasteiger partial charge in [-0.05, 0) is 30.3 Å². The number of anilines is 1. The minimum Gasteiger partial charge on any atom is -0.486 e. The molecule has 0 fully saturated rings. The van der Waals surface area contributed by atoms with Gasteiger partial charge in [0.15, 0.2) is 17.6 Å². The van der Waals surface area contributed by atoms with Gasteiger partial charge in [0.25, 0.3) is 11.8 Å². The summed E-state index contributed by atoms with van der Waals surface area (Å²) < 4.78 is 11.5. The van der Waals surface area contributed by atoms with Crippen LogP contribution in [-0.4, -0.2) is 61.0 Å². The second-order valence-corrected chi connectivity index (χ2v) is 6.74. The molecule has 144 valence electrons. The Morgan fingerprint density at radius 2 is 1.86 bits per heavy atom. The fourth-order valence-corrected chi connectivity index (χ4v) is 3.20. The average Bonchev–Trinajstić information content (AvgIpc) is 2.91. The number of nitrogens with one attached hydrogen (secondary N) is 1. The monoisotopic (exact) mass is 381 g/mol. The lowest BCUT2D eigenvalue weighted by molar-refractivity contribution is 0.0693. The maximum atomic E-state index is 12.5. The van der Waals surface area contributed by atoms with Gasteiger partial charge in [-0.1, -0.05) is 12.1 Å². The van der Waals surface area contributed by atoms with E-state index in [1.807, 2.05) is 24.3 Å². The smallest absolute Gasteiger partial charge is 0.321 e. The maximum Gasteiger partial charge on any atom is 0.321 e. The van der Waals surface area contributed by atoms with E-state index >= 15 is 0 Å². The highest BCUT2D eigenvalue weighted by Crippen LogP contribution is 2.31. The van der Waals surface area contributed by atoms with Crippen molar-refractivity contribution in [2.45, 2.75) is 6.10 Å². The molecule has 0 spiro atoms. The van der Waals surface area contributed by atoms with Crippen LogP contribution in [0.1, 0.15) is 20.7 Å². The van der Waals surface area contributed by atoms with E-state index in [9.17, 15) is 14.4 Å². The predicted molar refractivity (Wildman–Crippen MR) is 101 cm³/mol. The Labute approximate surface area is 161 Å². The molecular weight excluding hydrogens is 362 g/mol. The zero-order valence-corrected chi connectivity index (χ0v) is 15.5. The first kappa shape index (κ1) is 17.8. The summed E-state index contributed by atoms with van der Waals surface area (Å²) in [6.07, 6.45) is -0.293. The molecule has 0 bridgehead atoms. The van der Waals surface area contributed by atoms with Gasteiger partial charge in [0.05, 0.1) is 17.7 Å². The first-order chi connectivity index (χ1) is 13.4. The number of urea groups is 1. The number of carbonyl (C=O) groups is 3. The predicted octanol–water partition coefficient (Wildman–Crippen LogP) is 2.22. The highest BCUT2D eigenvalue weighted by Gasteiger charge is 2.33. The van der Waals surface area contributed by atoms with Crippen molar-refractivity contribution >= 4 is 23.5 Å². The van der Waals surface area contributed by atoms with Crippen LogP contribution in [0, 0.1) is 0 Å². The van der Waals surface area contributed by atoms with E-state index in [1.54, 1.807) is 19.2 Å². The van der Waals surface area contributed by atoms with Gasteiger partial charge in [-0.15, -0.1) is 0 Å². The van der Waals surface area contributed by atoms with E-state index in [0.717, 1.165) is 4.90 Å². The zero-order valence-electron chi connectivity index (χ0n) is 15.5. The van der Waals surface area contributed by atoms with Gasteiger partial charge in [-0.2, -0.15) is 0 Å². The van der Waals surface area contributed by atoms with E-state index < -0.39 is 0 Å². The maximum absolute atomic E-state index is 12.5. The van der Waals surface area contributed by atoms with E-state index in [1.165, 1.54) is 18.0 Å². The van der Waals surface area contributed by atoms with E-state index in [-0.39, 0.29) is 29.5 Å². The summed E-state index contributed by atoms with van der Waals surface area (Å²) in [5.74, 6) is 0.618. The van der Waals surface area contributed by atoms with E-state index in [2.05, 4.69) is 5.32 Å². The Kier molecular flexibility index (Phi) is 4.38. The molecule has 2 aliphatic heterocycles. The molecule has 4 rings (SSSR count). The standard InChI is InChI=1S/C20H19N3O5/c1-22(10-13-11-27-16-5-3-4-6-17(16)28-13)20(26)21-12-7-8-14-15(9-12)19(25)23(2)18(14)24/h3-9,13H,10-11H2,1-2H3,(H,21,26)/t13-/m1/s1. The molecule has 8 nitrogen and oxygen atoms in total. The number of nitrogens with zero attached hydrogens (tertiary/aromatic N) is 2. The fourth-order valence-electron chi connectivity index (χ4n) is 3.20. The molecule has 0 unspecified atom stereocenters. The molecule has 0 saturated carbocycles. The number of imide groups is 1. The summed E-state index contributed by atoms with van der Waals surface area (Å²) in [6.45, 7) is 0.668. The number of amides is 4. The van der Waals surface area contributed by atoms with Crippen LogP contribution in [-0.2, 0) is 0 Å². The Bertz CT molecular complexity index is 974. The summed E-state index contributed by atoms with van der Waals surface area (Å²) in [7, 11) is 3.08. The van der Waals surface area contributed by atoms with E-state index in [4.69, 9.17) is 9.47 Å². The molecule has 2 aliphatic rings. The van der Waals surface area contributed by atoms with Crippen LogP contribution in [0.3, 0.4) is 0 Å². The molecule has 0 radical (unpaired) electrons. The highest BCUT2D eigenvalue weighted by molar-refractivity contribution is 6.21. The molecule has 0 saturated heterocycles. The van der Waals surface area contributed by atoms with Crippen molar-refractivity contribution in [3.8, 4) is 11.5 Å². The summed E-state index contributed by atoms with van der Waals surface area (Å²) in [5, 5.41) is 2.74. The van der Waals surface area contributed by atoms with Crippen molar-refractivity contribution in [3.05, 3.63) is 53.6 Å². The average molecular weight is 381 g/mol. The lowest BCUT2D eigenvalue weighted by Crippen LogP contribution is -2.43. The quantitative estimate of drug-likeness (QED) is 0.824. The molecule has 8 heteroatoms. The number of ether oxygens (including phenoxy) is 2. The number of benzene rings is 2. The molecule has 2 aromatic carbocycles. The van der Waals surface area contributed by atoms with Crippen LogP contribution in [0.2, 0.25) is 0 Å². The van der Waals surface area contributed by atoms with Crippen molar-refractivity contribution in [1.82, 2.24) is 9.80 Å². The Hall–Kier alpha value is -3.55. The number of para-hydroxylation sites is 2. The van der Waals surface area contributed by atoms with E-state index in [0.29, 0.717) is 35.9 Å². The molecule has 1 N–H and O–H groups in total. The van der Waals surface area contributed by atoms with Crippen LogP contribution in [0.25, 0.3) is 0 Å². The molecule has 0 aliphatic carbocycles. The summed E-state index contributed by atoms with van der Waals surface area (Å²) in [5.41, 5.74) is 1.07. The van der Waals surface area contributed by atoms with Crippen LogP contribution in [0.15, 0.2) is 42.5 Å². The largest absolute Gasteiger partial charge is 0.486 e. The van der Waals surface area contributed by atoms with Gasteiger partial charge in [0.1, 0.15) is 6.61 Å². The third kappa shape index (κ3) is 3.13. The number of rotatable bonds is 3. The van der Waals surface area contributed by atoms with Gasteiger partial charge in [0, 0.05) is 19.8 Å². The normalized spacial score (nSPS) is 17.4. The minimum atomic E-state index is -0.379. The van der Waals surface area contributed by atoms with Crippen LogP contribution >= 0.6 is 0 Å². The summed E-state index contributed by atoms with van der Waals surface area (Å²) >= 11 is 0. The van der Waals surface area contributed by atoms with Gasteiger partial charge in [0.2, 0.25) is 0 Å². The molecule has 0 aromatic heterocycles. The summed E-state index contributed by atoms with van der Waals surface area (Å²) in [6, 6.07) is 11.7. The molecule has 28 heavy (non-hydrogen) atoms. The lowest BCUT2D eigenvalue weighted by atomic mass is 10.1. The Morgan fingerprint density at radius 3 is 2.64 bits per heavy atom. The molecule has 4 amide bonds. The Morgan fingerprint density at radius 1 is 1.14 bits per heavy atom. The topological polar surface area (TPSA) is 88.2 Å². The van der Waals surface area contributed by atoms with Gasteiger partial charge >= 0.3 is 6.03 Å².